The molecule has 1 rings (SSSR count). The zero-order chi connectivity index (χ0) is 22.6. The van der Waals surface area contributed by atoms with Gasteiger partial charge < -0.3 is 32.1 Å². The molecule has 1 aliphatic heterocycles. The molecule has 0 spiro atoms. The first-order valence-corrected chi connectivity index (χ1v) is 10.1. The number of nitrogens with zero attached hydrogens (tertiary/aromatic N) is 1. The molecule has 10 heteroatoms. The summed E-state index contributed by atoms with van der Waals surface area (Å²) in [5.41, 5.74) is 11.4. The second kappa shape index (κ2) is 13.9. The molecule has 0 radical (unpaired) electrons. The number of carboxylic acids is 1. The summed E-state index contributed by atoms with van der Waals surface area (Å²) in [5.74, 6) is -1.57. The summed E-state index contributed by atoms with van der Waals surface area (Å²) in [4.78, 5) is 47.5. The molecule has 1 aliphatic rings. The first kappa shape index (κ1) is 26.8. The predicted octanol–water partition coefficient (Wildman–Crippen LogP) is -0.446. The molecule has 0 unspecified atom stereocenters. The highest BCUT2D eigenvalue weighted by molar-refractivity contribution is 5.93. The van der Waals surface area contributed by atoms with Crippen molar-refractivity contribution in [3.63, 3.8) is 0 Å². The Balaban J connectivity index is 0.00000178. The molecule has 29 heavy (non-hydrogen) atoms. The Bertz CT molecular complexity index is 551. The van der Waals surface area contributed by atoms with Gasteiger partial charge in [0, 0.05) is 19.5 Å². The standard InChI is InChI=1S/C17H33N5O3.C2H4O2/c1-11(2)20-15(23)12(3)21-16(24)14-8-6-10-22(14)17(25)13(19)7-4-5-9-18;1-2(3)4/h11-14H,4-10,18-19H2,1-3H3,(H,20,23)(H,21,24);1H3,(H,3,4)/t12-,13+,14+;/m1./s1. The van der Waals surface area contributed by atoms with Gasteiger partial charge in [0.1, 0.15) is 12.1 Å². The molecule has 3 atom stereocenters. The number of unbranched alkanes of at least 4 members (excludes halogenated alkanes) is 1. The molecule has 3 amide bonds. The number of carboxylic acid groups (broad SMARTS) is 1. The lowest BCUT2D eigenvalue weighted by atomic mass is 10.1. The SMILES string of the molecule is CC(=O)O.CC(C)NC(=O)[C@@H](C)NC(=O)[C@@H]1CCCN1C(=O)[C@@H](N)CCCCN. The number of amides is 3. The van der Waals surface area contributed by atoms with Crippen molar-refractivity contribution < 1.29 is 24.3 Å². The van der Waals surface area contributed by atoms with Gasteiger partial charge in [-0.3, -0.25) is 19.2 Å². The van der Waals surface area contributed by atoms with Crippen LogP contribution in [0.2, 0.25) is 0 Å². The van der Waals surface area contributed by atoms with Crippen molar-refractivity contribution >= 4 is 23.7 Å². The summed E-state index contributed by atoms with van der Waals surface area (Å²) in [5, 5.41) is 12.9. The van der Waals surface area contributed by atoms with E-state index in [-0.39, 0.29) is 23.8 Å². The largest absolute Gasteiger partial charge is 0.481 e. The van der Waals surface area contributed by atoms with Crippen molar-refractivity contribution in [2.75, 3.05) is 13.1 Å². The van der Waals surface area contributed by atoms with Crippen molar-refractivity contribution in [1.82, 2.24) is 15.5 Å². The number of nitrogens with one attached hydrogen (secondary N) is 2. The second-order valence-corrected chi connectivity index (χ2v) is 7.49. The molecule has 0 aromatic rings. The molecule has 0 aliphatic carbocycles. The molecule has 1 heterocycles. The number of rotatable bonds is 9. The zero-order valence-corrected chi connectivity index (χ0v) is 17.9. The highest BCUT2D eigenvalue weighted by Gasteiger charge is 2.36. The summed E-state index contributed by atoms with van der Waals surface area (Å²) >= 11 is 0. The summed E-state index contributed by atoms with van der Waals surface area (Å²) in [6, 6.07) is -1.81. The van der Waals surface area contributed by atoms with Crippen LogP contribution in [0.15, 0.2) is 0 Å². The Kier molecular flexibility index (Phi) is 12.8. The maximum Gasteiger partial charge on any atom is 0.300 e. The van der Waals surface area contributed by atoms with Crippen LogP contribution in [0.25, 0.3) is 0 Å². The van der Waals surface area contributed by atoms with E-state index in [4.69, 9.17) is 21.4 Å². The molecule has 1 saturated heterocycles. The smallest absolute Gasteiger partial charge is 0.300 e. The fourth-order valence-electron chi connectivity index (χ4n) is 2.93. The number of aliphatic carboxylic acids is 1. The van der Waals surface area contributed by atoms with Gasteiger partial charge in [0.2, 0.25) is 17.7 Å². The fraction of sp³-hybridized carbons (Fsp3) is 0.789. The van der Waals surface area contributed by atoms with E-state index in [1.54, 1.807) is 11.8 Å². The lowest BCUT2D eigenvalue weighted by molar-refractivity contribution is -0.140. The van der Waals surface area contributed by atoms with Crippen LogP contribution in [0.3, 0.4) is 0 Å². The summed E-state index contributed by atoms with van der Waals surface area (Å²) in [6.07, 6.45) is 3.53. The lowest BCUT2D eigenvalue weighted by Crippen LogP contribution is -2.54. The van der Waals surface area contributed by atoms with E-state index < -0.39 is 24.1 Å². The summed E-state index contributed by atoms with van der Waals surface area (Å²) in [6.45, 7) is 7.53. The number of carbonyl (C=O) groups excluding carboxylic acids is 3. The minimum atomic E-state index is -0.833. The predicted molar refractivity (Wildman–Crippen MR) is 110 cm³/mol. The third-order valence-electron chi connectivity index (χ3n) is 4.31. The molecule has 1 fully saturated rings. The Morgan fingerprint density at radius 2 is 1.72 bits per heavy atom. The molecule has 0 bridgehead atoms. The summed E-state index contributed by atoms with van der Waals surface area (Å²) < 4.78 is 0. The average molecular weight is 416 g/mol. The third kappa shape index (κ3) is 10.8. The van der Waals surface area contributed by atoms with Crippen LogP contribution in [0.4, 0.5) is 0 Å². The van der Waals surface area contributed by atoms with E-state index in [9.17, 15) is 14.4 Å². The maximum absolute atomic E-state index is 12.5. The molecule has 0 aromatic heterocycles. The van der Waals surface area contributed by atoms with E-state index in [1.807, 2.05) is 13.8 Å². The van der Waals surface area contributed by atoms with Gasteiger partial charge in [-0.1, -0.05) is 6.42 Å². The van der Waals surface area contributed by atoms with Crippen LogP contribution in [0.5, 0.6) is 0 Å². The molecular weight excluding hydrogens is 378 g/mol. The topological polar surface area (TPSA) is 168 Å². The van der Waals surface area contributed by atoms with Crippen LogP contribution < -0.4 is 22.1 Å². The molecular formula is C19H37N5O5. The van der Waals surface area contributed by atoms with Gasteiger partial charge >= 0.3 is 0 Å². The normalized spacial score (nSPS) is 17.8. The number of hydrogen-bond acceptors (Lipinski definition) is 6. The van der Waals surface area contributed by atoms with Crippen LogP contribution in [-0.2, 0) is 19.2 Å². The number of carbonyl (C=O) groups is 4. The van der Waals surface area contributed by atoms with Crippen LogP contribution in [0.1, 0.15) is 59.8 Å². The maximum atomic E-state index is 12.5. The van der Waals surface area contributed by atoms with E-state index in [0.717, 1.165) is 26.2 Å². The van der Waals surface area contributed by atoms with Gasteiger partial charge in [0.15, 0.2) is 0 Å². The molecule has 7 N–H and O–H groups in total. The summed E-state index contributed by atoms with van der Waals surface area (Å²) in [7, 11) is 0. The Morgan fingerprint density at radius 1 is 1.14 bits per heavy atom. The van der Waals surface area contributed by atoms with E-state index >= 15 is 0 Å². The number of nitrogens with two attached hydrogens (primary N) is 2. The van der Waals surface area contributed by atoms with Gasteiger partial charge in [0.05, 0.1) is 6.04 Å². The van der Waals surface area contributed by atoms with E-state index in [1.165, 1.54) is 0 Å². The van der Waals surface area contributed by atoms with Gasteiger partial charge in [-0.15, -0.1) is 0 Å². The first-order valence-electron chi connectivity index (χ1n) is 10.1. The van der Waals surface area contributed by atoms with Crippen LogP contribution >= 0.6 is 0 Å². The zero-order valence-electron chi connectivity index (χ0n) is 17.9. The highest BCUT2D eigenvalue weighted by atomic mass is 16.4. The third-order valence-corrected chi connectivity index (χ3v) is 4.31. The van der Waals surface area contributed by atoms with Crippen molar-refractivity contribution in [2.45, 2.75) is 84.0 Å². The van der Waals surface area contributed by atoms with E-state index in [0.29, 0.717) is 25.9 Å². The minimum absolute atomic E-state index is 0.00271. The number of hydrogen-bond donors (Lipinski definition) is 5. The van der Waals surface area contributed by atoms with Crippen molar-refractivity contribution in [1.29, 1.82) is 0 Å². The Morgan fingerprint density at radius 3 is 2.24 bits per heavy atom. The van der Waals surface area contributed by atoms with Gasteiger partial charge in [-0.05, 0) is 53.0 Å². The molecule has 0 aromatic carbocycles. The average Bonchev–Trinajstić information content (AvgIpc) is 3.09. The molecule has 10 nitrogen and oxygen atoms in total. The molecule has 168 valence electrons. The second-order valence-electron chi connectivity index (χ2n) is 7.49. The number of likely N-dealkylation sites (tertiary alicyclic amines) is 1. The monoisotopic (exact) mass is 415 g/mol. The van der Waals surface area contributed by atoms with Crippen molar-refractivity contribution in [3.05, 3.63) is 0 Å². The van der Waals surface area contributed by atoms with Crippen LogP contribution in [-0.4, -0.2) is 71.0 Å². The van der Waals surface area contributed by atoms with Gasteiger partial charge in [-0.25, -0.2) is 0 Å². The van der Waals surface area contributed by atoms with Gasteiger partial charge in [0.25, 0.3) is 5.97 Å². The Hall–Kier alpha value is -2.20. The van der Waals surface area contributed by atoms with Crippen LogP contribution in [0, 0.1) is 0 Å². The Labute approximate surface area is 172 Å². The fourth-order valence-corrected chi connectivity index (χ4v) is 2.93. The first-order chi connectivity index (χ1) is 13.5. The minimum Gasteiger partial charge on any atom is -0.481 e. The quantitative estimate of drug-likeness (QED) is 0.318. The highest BCUT2D eigenvalue weighted by Crippen LogP contribution is 2.19. The van der Waals surface area contributed by atoms with Gasteiger partial charge in [-0.2, -0.15) is 0 Å². The van der Waals surface area contributed by atoms with Crippen molar-refractivity contribution in [2.24, 2.45) is 11.5 Å². The van der Waals surface area contributed by atoms with Crippen molar-refractivity contribution in [3.8, 4) is 0 Å². The molecule has 0 saturated carbocycles. The van der Waals surface area contributed by atoms with E-state index in [2.05, 4.69) is 10.6 Å². The lowest BCUT2D eigenvalue weighted by Gasteiger charge is -2.27.